The van der Waals surface area contributed by atoms with Gasteiger partial charge in [0, 0.05) is 6.54 Å². The average molecular weight is 301 g/mol. The fourth-order valence-electron chi connectivity index (χ4n) is 1.94. The highest BCUT2D eigenvalue weighted by molar-refractivity contribution is 6.32. The van der Waals surface area contributed by atoms with E-state index >= 15 is 0 Å². The van der Waals surface area contributed by atoms with Crippen LogP contribution in [0.2, 0.25) is 5.02 Å². The smallest absolute Gasteiger partial charge is 0.146 e. The average Bonchev–Trinajstić information content (AvgIpc) is 2.49. The number of aryl methyl sites for hydroxylation is 1. The van der Waals surface area contributed by atoms with Crippen molar-refractivity contribution in [1.29, 1.82) is 5.26 Å². The van der Waals surface area contributed by atoms with Gasteiger partial charge < -0.3 is 10.1 Å². The van der Waals surface area contributed by atoms with Gasteiger partial charge in [0.2, 0.25) is 0 Å². The Morgan fingerprint density at radius 1 is 1.19 bits per heavy atom. The van der Waals surface area contributed by atoms with E-state index in [9.17, 15) is 5.26 Å². The van der Waals surface area contributed by atoms with Crippen molar-refractivity contribution < 1.29 is 4.74 Å². The van der Waals surface area contributed by atoms with E-state index in [0.717, 1.165) is 24.2 Å². The number of ether oxygens (including phenoxy) is 1. The summed E-state index contributed by atoms with van der Waals surface area (Å²) in [6.45, 7) is 5.63. The Bertz CT molecular complexity index is 677. The summed E-state index contributed by atoms with van der Waals surface area (Å²) >= 11 is 6.12. The third-order valence-electron chi connectivity index (χ3n) is 3.05. The molecule has 0 saturated heterocycles. The van der Waals surface area contributed by atoms with Crippen LogP contribution < -0.4 is 10.1 Å². The zero-order valence-corrected chi connectivity index (χ0v) is 12.9. The zero-order valence-electron chi connectivity index (χ0n) is 12.1. The molecule has 0 heterocycles. The molecule has 0 unspecified atom stereocenters. The van der Waals surface area contributed by atoms with Crippen molar-refractivity contribution in [2.24, 2.45) is 0 Å². The van der Waals surface area contributed by atoms with Gasteiger partial charge in [0.05, 0.1) is 10.6 Å². The Morgan fingerprint density at radius 3 is 2.71 bits per heavy atom. The first-order valence-corrected chi connectivity index (χ1v) is 7.19. The fourth-order valence-corrected chi connectivity index (χ4v) is 2.10. The van der Waals surface area contributed by atoms with Crippen molar-refractivity contribution in [1.82, 2.24) is 5.32 Å². The van der Waals surface area contributed by atoms with Crippen LogP contribution in [-0.4, -0.2) is 6.54 Å². The van der Waals surface area contributed by atoms with Crippen LogP contribution in [0.4, 0.5) is 0 Å². The van der Waals surface area contributed by atoms with Crippen molar-refractivity contribution in [3.05, 3.63) is 58.1 Å². The third kappa shape index (κ3) is 3.98. The van der Waals surface area contributed by atoms with Gasteiger partial charge in [-0.2, -0.15) is 5.26 Å². The van der Waals surface area contributed by atoms with E-state index in [-0.39, 0.29) is 0 Å². The predicted octanol–water partition coefficient (Wildman–Crippen LogP) is 4.42. The summed E-state index contributed by atoms with van der Waals surface area (Å²) in [5, 5.41) is 13.0. The van der Waals surface area contributed by atoms with Crippen molar-refractivity contribution in [2.75, 3.05) is 6.54 Å². The van der Waals surface area contributed by atoms with Gasteiger partial charge in [0.1, 0.15) is 17.6 Å². The number of nitrogens with one attached hydrogen (secondary N) is 1. The van der Waals surface area contributed by atoms with Gasteiger partial charge in [0.15, 0.2) is 0 Å². The number of hydrogen-bond donors (Lipinski definition) is 1. The number of nitriles is 1. The summed E-state index contributed by atoms with van der Waals surface area (Å²) in [6, 6.07) is 13.3. The monoisotopic (exact) mass is 300 g/mol. The summed E-state index contributed by atoms with van der Waals surface area (Å²) in [5.74, 6) is 1.08. The lowest BCUT2D eigenvalue weighted by molar-refractivity contribution is 0.480. The van der Waals surface area contributed by atoms with Gasteiger partial charge in [-0.15, -0.1) is 0 Å². The molecule has 3 nitrogen and oxygen atoms in total. The minimum atomic E-state index is 0.503. The first-order valence-electron chi connectivity index (χ1n) is 6.81. The van der Waals surface area contributed by atoms with E-state index in [4.69, 9.17) is 16.3 Å². The molecular formula is C17H17ClN2O. The number of benzene rings is 2. The summed E-state index contributed by atoms with van der Waals surface area (Å²) in [5.41, 5.74) is 2.61. The van der Waals surface area contributed by atoms with Gasteiger partial charge >= 0.3 is 0 Å². The van der Waals surface area contributed by atoms with Gasteiger partial charge in [-0.25, -0.2) is 0 Å². The van der Waals surface area contributed by atoms with Crippen LogP contribution in [0.1, 0.15) is 23.6 Å². The molecule has 0 aliphatic heterocycles. The number of nitrogens with zero attached hydrogens (tertiary/aromatic N) is 1. The summed E-state index contributed by atoms with van der Waals surface area (Å²) in [6.07, 6.45) is 0. The Hall–Kier alpha value is -2.02. The standard InChI is InChI=1S/C17H17ClN2O/c1-3-20-11-13-5-7-16(14(9-13)10-19)21-17-8-12(2)4-6-15(17)18/h4-9,20H,3,11H2,1-2H3. The van der Waals surface area contributed by atoms with Crippen LogP contribution in [-0.2, 0) is 6.54 Å². The van der Waals surface area contributed by atoms with E-state index < -0.39 is 0 Å². The van der Waals surface area contributed by atoms with Crippen LogP contribution >= 0.6 is 11.6 Å². The third-order valence-corrected chi connectivity index (χ3v) is 3.36. The molecule has 0 bridgehead atoms. The molecule has 0 amide bonds. The normalized spacial score (nSPS) is 10.2. The topological polar surface area (TPSA) is 45.0 Å². The molecule has 0 fully saturated rings. The highest BCUT2D eigenvalue weighted by Crippen LogP contribution is 2.32. The number of halogens is 1. The molecule has 0 radical (unpaired) electrons. The van der Waals surface area contributed by atoms with E-state index in [0.29, 0.717) is 22.1 Å². The maximum atomic E-state index is 9.29. The Labute approximate surface area is 130 Å². The van der Waals surface area contributed by atoms with Crippen molar-refractivity contribution in [3.8, 4) is 17.6 Å². The quantitative estimate of drug-likeness (QED) is 0.889. The molecule has 2 aromatic rings. The molecule has 0 aliphatic rings. The second-order valence-corrected chi connectivity index (χ2v) is 5.17. The zero-order chi connectivity index (χ0) is 15.2. The van der Waals surface area contributed by atoms with Gasteiger partial charge in [-0.1, -0.05) is 30.7 Å². The molecule has 2 aromatic carbocycles. The second kappa shape index (κ2) is 7.12. The van der Waals surface area contributed by atoms with Crippen molar-refractivity contribution >= 4 is 11.6 Å². The molecule has 4 heteroatoms. The minimum Gasteiger partial charge on any atom is -0.454 e. The molecule has 0 atom stereocenters. The molecule has 0 spiro atoms. The molecule has 108 valence electrons. The van der Waals surface area contributed by atoms with E-state index in [2.05, 4.69) is 11.4 Å². The molecule has 1 N–H and O–H groups in total. The minimum absolute atomic E-state index is 0.503. The Morgan fingerprint density at radius 2 is 2.00 bits per heavy atom. The van der Waals surface area contributed by atoms with Gasteiger partial charge in [0.25, 0.3) is 0 Å². The predicted molar refractivity (Wildman–Crippen MR) is 84.8 cm³/mol. The SMILES string of the molecule is CCNCc1ccc(Oc2cc(C)ccc2Cl)c(C#N)c1. The van der Waals surface area contributed by atoms with Crippen LogP contribution in [0.15, 0.2) is 36.4 Å². The summed E-state index contributed by atoms with van der Waals surface area (Å²) in [7, 11) is 0. The highest BCUT2D eigenvalue weighted by Gasteiger charge is 2.09. The lowest BCUT2D eigenvalue weighted by Gasteiger charge is -2.11. The number of hydrogen-bond acceptors (Lipinski definition) is 3. The molecule has 2 rings (SSSR count). The summed E-state index contributed by atoms with van der Waals surface area (Å²) in [4.78, 5) is 0. The van der Waals surface area contributed by atoms with Crippen molar-refractivity contribution in [2.45, 2.75) is 20.4 Å². The second-order valence-electron chi connectivity index (χ2n) is 4.76. The summed E-state index contributed by atoms with van der Waals surface area (Å²) < 4.78 is 5.80. The first-order chi connectivity index (χ1) is 10.1. The first kappa shape index (κ1) is 15.4. The van der Waals surface area contributed by atoms with Crippen LogP contribution in [0, 0.1) is 18.3 Å². The fraction of sp³-hybridized carbons (Fsp3) is 0.235. The van der Waals surface area contributed by atoms with Gasteiger partial charge in [-0.05, 0) is 48.9 Å². The van der Waals surface area contributed by atoms with E-state index in [1.54, 1.807) is 6.07 Å². The highest BCUT2D eigenvalue weighted by atomic mass is 35.5. The van der Waals surface area contributed by atoms with E-state index in [1.165, 1.54) is 0 Å². The van der Waals surface area contributed by atoms with Crippen LogP contribution in [0.5, 0.6) is 11.5 Å². The van der Waals surface area contributed by atoms with Crippen LogP contribution in [0.3, 0.4) is 0 Å². The molecule has 21 heavy (non-hydrogen) atoms. The van der Waals surface area contributed by atoms with Crippen LogP contribution in [0.25, 0.3) is 0 Å². The lowest BCUT2D eigenvalue weighted by atomic mass is 10.1. The number of rotatable bonds is 5. The Balaban J connectivity index is 2.27. The maximum Gasteiger partial charge on any atom is 0.146 e. The molecular weight excluding hydrogens is 284 g/mol. The molecule has 0 aliphatic carbocycles. The molecule has 0 aromatic heterocycles. The van der Waals surface area contributed by atoms with E-state index in [1.807, 2.05) is 44.2 Å². The molecule has 0 saturated carbocycles. The Kier molecular flexibility index (Phi) is 5.21. The van der Waals surface area contributed by atoms with Crippen molar-refractivity contribution in [3.63, 3.8) is 0 Å². The maximum absolute atomic E-state index is 9.29. The largest absolute Gasteiger partial charge is 0.454 e. The lowest BCUT2D eigenvalue weighted by Crippen LogP contribution is -2.11. The van der Waals surface area contributed by atoms with Gasteiger partial charge in [-0.3, -0.25) is 0 Å².